The normalized spacial score (nSPS) is 12.1. The van der Waals surface area contributed by atoms with Crippen LogP contribution in [0, 0.1) is 6.92 Å². The van der Waals surface area contributed by atoms with Gasteiger partial charge in [0.1, 0.15) is 5.82 Å². The molecule has 200 valence electrons. The van der Waals surface area contributed by atoms with Gasteiger partial charge in [0, 0.05) is 24.9 Å². The molecule has 3 N–H and O–H groups in total. The van der Waals surface area contributed by atoms with Crippen molar-refractivity contribution in [1.29, 1.82) is 0 Å². The number of aromatic nitrogens is 2. The third-order valence-corrected chi connectivity index (χ3v) is 8.60. The number of carbonyl (C=O) groups is 1. The highest BCUT2D eigenvalue weighted by Crippen LogP contribution is 2.30. The second-order valence-corrected chi connectivity index (χ2v) is 12.9. The molecular weight excluding hydrogens is 548 g/mol. The van der Waals surface area contributed by atoms with E-state index in [9.17, 15) is 21.6 Å². The van der Waals surface area contributed by atoms with Gasteiger partial charge in [-0.2, -0.15) is 0 Å². The maximum atomic E-state index is 12.7. The molecule has 9 nitrogen and oxygen atoms in total. The van der Waals surface area contributed by atoms with Crippen LogP contribution in [0.5, 0.6) is 0 Å². The van der Waals surface area contributed by atoms with Gasteiger partial charge in [0.25, 0.3) is 5.91 Å². The zero-order chi connectivity index (χ0) is 27.8. The van der Waals surface area contributed by atoms with Crippen LogP contribution in [0.4, 0.5) is 0 Å². The van der Waals surface area contributed by atoms with E-state index < -0.39 is 25.8 Å². The van der Waals surface area contributed by atoms with Crippen molar-refractivity contribution in [2.24, 2.45) is 5.14 Å². The Hall–Kier alpha value is -3.25. The van der Waals surface area contributed by atoms with Crippen LogP contribution in [-0.2, 0) is 32.7 Å². The largest absolute Gasteiger partial charge is 0.352 e. The SMILES string of the molecule is CCc1nc2cc(S(C)(=O)=O)c(Cl)cc2n1-c1ccc(CCNC(=O)c2cc(C)ccc2S(N)(=O)=O)cc1. The number of sulfone groups is 1. The van der Waals surface area contributed by atoms with Gasteiger partial charge in [0.2, 0.25) is 10.0 Å². The van der Waals surface area contributed by atoms with E-state index >= 15 is 0 Å². The van der Waals surface area contributed by atoms with E-state index in [4.69, 9.17) is 16.7 Å². The molecule has 0 aliphatic rings. The number of hydrogen-bond acceptors (Lipinski definition) is 6. The molecule has 1 amide bonds. The predicted molar refractivity (Wildman–Crippen MR) is 147 cm³/mol. The summed E-state index contributed by atoms with van der Waals surface area (Å²) in [4.78, 5) is 17.1. The molecule has 4 rings (SSSR count). The monoisotopic (exact) mass is 574 g/mol. The van der Waals surface area contributed by atoms with Crippen molar-refractivity contribution in [3.8, 4) is 5.69 Å². The number of primary sulfonamides is 1. The summed E-state index contributed by atoms with van der Waals surface area (Å²) in [6, 6.07) is 15.2. The number of carbonyl (C=O) groups excluding carboxylic acids is 1. The lowest BCUT2D eigenvalue weighted by atomic mass is 10.1. The number of halogens is 1. The number of sulfonamides is 1. The second kappa shape index (κ2) is 10.5. The molecule has 0 radical (unpaired) electrons. The van der Waals surface area contributed by atoms with E-state index in [0.717, 1.165) is 28.9 Å². The minimum Gasteiger partial charge on any atom is -0.352 e. The lowest BCUT2D eigenvalue weighted by Gasteiger charge is -2.12. The summed E-state index contributed by atoms with van der Waals surface area (Å²) in [5.41, 5.74) is 3.77. The summed E-state index contributed by atoms with van der Waals surface area (Å²) in [5.74, 6) is 0.239. The zero-order valence-corrected chi connectivity index (χ0v) is 23.4. The fraction of sp³-hybridized carbons (Fsp3) is 0.231. The molecule has 0 unspecified atom stereocenters. The van der Waals surface area contributed by atoms with Gasteiger partial charge >= 0.3 is 0 Å². The van der Waals surface area contributed by atoms with Crippen molar-refractivity contribution in [3.05, 3.63) is 82.1 Å². The van der Waals surface area contributed by atoms with Crippen LogP contribution in [0.1, 0.15) is 34.2 Å². The Morgan fingerprint density at radius 1 is 1.03 bits per heavy atom. The van der Waals surface area contributed by atoms with E-state index in [1.807, 2.05) is 35.8 Å². The highest BCUT2D eigenvalue weighted by Gasteiger charge is 2.20. The number of rotatable bonds is 8. The molecule has 0 atom stereocenters. The summed E-state index contributed by atoms with van der Waals surface area (Å²) >= 11 is 6.30. The van der Waals surface area contributed by atoms with Crippen LogP contribution in [0.15, 0.2) is 64.4 Å². The zero-order valence-electron chi connectivity index (χ0n) is 21.0. The third-order valence-electron chi connectivity index (χ3n) is 6.07. The number of nitrogens with zero attached hydrogens (tertiary/aromatic N) is 2. The smallest absolute Gasteiger partial charge is 0.252 e. The molecule has 0 saturated heterocycles. The maximum Gasteiger partial charge on any atom is 0.252 e. The highest BCUT2D eigenvalue weighted by atomic mass is 35.5. The predicted octanol–water partition coefficient (Wildman–Crippen LogP) is 3.57. The number of imidazole rings is 1. The van der Waals surface area contributed by atoms with Crippen LogP contribution >= 0.6 is 11.6 Å². The number of hydrogen-bond donors (Lipinski definition) is 2. The van der Waals surface area contributed by atoms with Crippen LogP contribution in [0.3, 0.4) is 0 Å². The van der Waals surface area contributed by atoms with Gasteiger partial charge < -0.3 is 5.32 Å². The molecule has 1 aromatic heterocycles. The number of nitrogens with one attached hydrogen (secondary N) is 1. The standard InChI is InChI=1S/C26H27ClN4O5S2/c1-4-25-30-21-15-24(37(3,33)34)20(27)14-22(21)31(25)18-8-6-17(7-9-18)11-12-29-26(32)19-13-16(2)5-10-23(19)38(28,35)36/h5-10,13-15H,4,11-12H2,1-3H3,(H,29,32)(H2,28,35,36). The molecule has 0 aliphatic carbocycles. The molecule has 12 heteroatoms. The van der Waals surface area contributed by atoms with Gasteiger partial charge in [-0.15, -0.1) is 0 Å². The van der Waals surface area contributed by atoms with Crippen LogP contribution < -0.4 is 10.5 Å². The quantitative estimate of drug-likeness (QED) is 0.329. The molecule has 1 heterocycles. The summed E-state index contributed by atoms with van der Waals surface area (Å²) in [6.45, 7) is 4.01. The van der Waals surface area contributed by atoms with E-state index in [-0.39, 0.29) is 26.9 Å². The van der Waals surface area contributed by atoms with Crippen molar-refractivity contribution in [1.82, 2.24) is 14.9 Å². The Kier molecular flexibility index (Phi) is 7.67. The van der Waals surface area contributed by atoms with Gasteiger partial charge in [-0.05, 0) is 55.3 Å². The van der Waals surface area contributed by atoms with Crippen LogP contribution in [0.2, 0.25) is 5.02 Å². The Labute approximate surface area is 226 Å². The number of fused-ring (bicyclic) bond motifs is 1. The molecule has 0 saturated carbocycles. The van der Waals surface area contributed by atoms with Crippen molar-refractivity contribution in [2.45, 2.75) is 36.5 Å². The molecule has 0 spiro atoms. The third kappa shape index (κ3) is 5.75. The van der Waals surface area contributed by atoms with Crippen molar-refractivity contribution in [2.75, 3.05) is 12.8 Å². The lowest BCUT2D eigenvalue weighted by molar-refractivity contribution is 0.0950. The minimum absolute atomic E-state index is 0.0135. The van der Waals surface area contributed by atoms with Crippen molar-refractivity contribution in [3.63, 3.8) is 0 Å². The molecular formula is C26H27ClN4O5S2. The van der Waals surface area contributed by atoms with Gasteiger partial charge in [-0.25, -0.2) is 27.0 Å². The topological polar surface area (TPSA) is 141 Å². The van der Waals surface area contributed by atoms with E-state index in [1.165, 1.54) is 18.2 Å². The minimum atomic E-state index is -4.04. The fourth-order valence-corrected chi connectivity index (χ4v) is 6.27. The van der Waals surface area contributed by atoms with E-state index in [1.54, 1.807) is 19.1 Å². The lowest BCUT2D eigenvalue weighted by Crippen LogP contribution is -2.28. The molecule has 0 fully saturated rings. The number of amides is 1. The molecule has 3 aromatic carbocycles. The van der Waals surface area contributed by atoms with Crippen LogP contribution in [0.25, 0.3) is 16.7 Å². The Balaban J connectivity index is 1.53. The van der Waals surface area contributed by atoms with Crippen molar-refractivity contribution >= 4 is 48.4 Å². The van der Waals surface area contributed by atoms with E-state index in [0.29, 0.717) is 23.9 Å². The summed E-state index contributed by atoms with van der Waals surface area (Å²) in [5, 5.41) is 8.15. The van der Waals surface area contributed by atoms with Gasteiger partial charge in [0.05, 0.1) is 31.4 Å². The van der Waals surface area contributed by atoms with E-state index in [2.05, 4.69) is 10.3 Å². The second-order valence-electron chi connectivity index (χ2n) is 8.98. The average Bonchev–Trinajstić information content (AvgIpc) is 3.20. The summed E-state index contributed by atoms with van der Waals surface area (Å²) in [6.07, 6.45) is 2.24. The maximum absolute atomic E-state index is 12.7. The van der Waals surface area contributed by atoms with Gasteiger partial charge in [0.15, 0.2) is 9.84 Å². The van der Waals surface area contributed by atoms with Gasteiger partial charge in [-0.3, -0.25) is 9.36 Å². The number of benzene rings is 3. The Morgan fingerprint density at radius 3 is 2.32 bits per heavy atom. The average molecular weight is 575 g/mol. The first-order valence-electron chi connectivity index (χ1n) is 11.7. The fourth-order valence-electron chi connectivity index (χ4n) is 4.23. The summed E-state index contributed by atoms with van der Waals surface area (Å²) < 4.78 is 49.8. The molecule has 0 aliphatic heterocycles. The molecule has 4 aromatic rings. The van der Waals surface area contributed by atoms with Crippen LogP contribution in [-0.4, -0.2) is 45.1 Å². The number of nitrogens with two attached hydrogens (primary N) is 1. The van der Waals surface area contributed by atoms with Crippen molar-refractivity contribution < 1.29 is 21.6 Å². The first-order valence-corrected chi connectivity index (χ1v) is 15.5. The number of aryl methyl sites for hydroxylation is 2. The summed E-state index contributed by atoms with van der Waals surface area (Å²) in [7, 11) is -7.54. The highest BCUT2D eigenvalue weighted by molar-refractivity contribution is 7.90. The first-order chi connectivity index (χ1) is 17.8. The Morgan fingerprint density at radius 2 is 1.71 bits per heavy atom. The molecule has 0 bridgehead atoms. The Bertz CT molecular complexity index is 1760. The first kappa shape index (κ1) is 27.8. The molecule has 38 heavy (non-hydrogen) atoms. The van der Waals surface area contributed by atoms with Gasteiger partial charge in [-0.1, -0.05) is 42.3 Å².